The van der Waals surface area contributed by atoms with Gasteiger partial charge in [-0.3, -0.25) is 14.4 Å². The van der Waals surface area contributed by atoms with Gasteiger partial charge in [-0.05, 0) is 29.4 Å². The number of fused-ring (bicyclic) bond motifs is 1. The zero-order valence-corrected chi connectivity index (χ0v) is 22.1. The zero-order chi connectivity index (χ0) is 26.8. The van der Waals surface area contributed by atoms with Crippen molar-refractivity contribution >= 4 is 50.7 Å². The van der Waals surface area contributed by atoms with E-state index in [9.17, 15) is 14.4 Å². The van der Waals surface area contributed by atoms with E-state index in [1.165, 1.54) is 5.01 Å². The first-order valence-electron chi connectivity index (χ1n) is 12.1. The van der Waals surface area contributed by atoms with E-state index in [-0.39, 0.29) is 25.2 Å². The molecule has 0 aromatic heterocycles. The van der Waals surface area contributed by atoms with E-state index < -0.39 is 23.8 Å². The minimum Gasteiger partial charge on any atom is -0.496 e. The first kappa shape index (κ1) is 25.5. The summed E-state index contributed by atoms with van der Waals surface area (Å²) in [5.74, 6) is -1.66. The number of carboxylic acids is 1. The Balaban J connectivity index is 1.65. The standard InChI is InChI=1S/C29H24BrN3O5/c1-38-24-10-6-5-9-19(24)23-16-22(32-33(23)25(34)13-14-26(35)36)28-27(17-7-3-2-4-8-17)20-15-18(30)11-12-21(20)31-29(28)37/h2-12,15,20,23H,13-14,16H2,1H3,(H,35,36). The number of aliphatic carboxylic acids is 1. The summed E-state index contributed by atoms with van der Waals surface area (Å²) in [6.07, 6.45) is 5.37. The van der Waals surface area contributed by atoms with Crippen molar-refractivity contribution in [2.75, 3.05) is 7.11 Å². The van der Waals surface area contributed by atoms with E-state index in [2.05, 4.69) is 26.0 Å². The van der Waals surface area contributed by atoms with Crippen LogP contribution in [0.5, 0.6) is 5.75 Å². The molecular weight excluding hydrogens is 550 g/mol. The fourth-order valence-corrected chi connectivity index (χ4v) is 5.37. The van der Waals surface area contributed by atoms with Crippen LogP contribution in [-0.4, -0.2) is 46.4 Å². The van der Waals surface area contributed by atoms with Crippen LogP contribution in [0.25, 0.3) is 5.57 Å². The molecule has 0 radical (unpaired) electrons. The average molecular weight is 574 g/mol. The number of rotatable bonds is 7. The highest BCUT2D eigenvalue weighted by Gasteiger charge is 2.40. The Hall–Kier alpha value is -4.11. The van der Waals surface area contributed by atoms with E-state index in [1.807, 2.05) is 66.8 Å². The number of carbonyl (C=O) groups excluding carboxylic acids is 2. The molecule has 0 saturated carbocycles. The van der Waals surface area contributed by atoms with Crippen LogP contribution < -0.4 is 4.74 Å². The zero-order valence-electron chi connectivity index (χ0n) is 20.5. The van der Waals surface area contributed by atoms with Crippen molar-refractivity contribution in [3.05, 3.63) is 94.0 Å². The van der Waals surface area contributed by atoms with E-state index in [0.29, 0.717) is 22.7 Å². The maximum atomic E-state index is 13.6. The lowest BCUT2D eigenvalue weighted by Crippen LogP contribution is -2.27. The lowest BCUT2D eigenvalue weighted by Gasteiger charge is -2.27. The highest BCUT2D eigenvalue weighted by atomic mass is 79.9. The molecule has 0 bridgehead atoms. The number of hydrazone groups is 1. The summed E-state index contributed by atoms with van der Waals surface area (Å²) in [7, 11) is 1.55. The molecule has 1 N–H and O–H groups in total. The topological polar surface area (TPSA) is 109 Å². The molecule has 1 aliphatic carbocycles. The molecule has 2 aromatic rings. The van der Waals surface area contributed by atoms with Crippen LogP contribution >= 0.6 is 15.9 Å². The molecule has 0 saturated heterocycles. The van der Waals surface area contributed by atoms with Gasteiger partial charge in [-0.15, -0.1) is 0 Å². The predicted molar refractivity (Wildman–Crippen MR) is 147 cm³/mol. The normalized spacial score (nSPS) is 20.5. The molecule has 2 amide bonds. The summed E-state index contributed by atoms with van der Waals surface area (Å²) in [4.78, 5) is 42.3. The molecule has 0 fully saturated rings. The first-order valence-corrected chi connectivity index (χ1v) is 12.9. The van der Waals surface area contributed by atoms with Crippen molar-refractivity contribution in [2.45, 2.75) is 25.3 Å². The summed E-state index contributed by atoms with van der Waals surface area (Å²) < 4.78 is 6.42. The van der Waals surface area contributed by atoms with E-state index >= 15 is 0 Å². The molecule has 2 heterocycles. The summed E-state index contributed by atoms with van der Waals surface area (Å²) in [5, 5.41) is 15.1. The summed E-state index contributed by atoms with van der Waals surface area (Å²) in [5.41, 5.74) is 3.75. The van der Waals surface area contributed by atoms with Crippen molar-refractivity contribution in [1.82, 2.24) is 5.01 Å². The quantitative estimate of drug-likeness (QED) is 0.496. The van der Waals surface area contributed by atoms with Crippen LogP contribution in [0.3, 0.4) is 0 Å². The Bertz CT molecular complexity index is 1470. The number of benzene rings is 2. The Kier molecular flexibility index (Phi) is 7.20. The highest BCUT2D eigenvalue weighted by Crippen LogP contribution is 2.43. The van der Waals surface area contributed by atoms with Crippen LogP contribution in [0.15, 0.2) is 93.0 Å². The second kappa shape index (κ2) is 10.7. The van der Waals surface area contributed by atoms with Crippen LogP contribution in [0.1, 0.15) is 36.4 Å². The number of nitrogens with zero attached hydrogens (tertiary/aromatic N) is 3. The summed E-state index contributed by atoms with van der Waals surface area (Å²) in [6, 6.07) is 16.3. The smallest absolute Gasteiger partial charge is 0.303 e. The van der Waals surface area contributed by atoms with Gasteiger partial charge in [-0.2, -0.15) is 5.10 Å². The Morgan fingerprint density at radius 2 is 1.82 bits per heavy atom. The number of amides is 2. The van der Waals surface area contributed by atoms with Crippen molar-refractivity contribution in [2.24, 2.45) is 16.0 Å². The number of allylic oxidation sites excluding steroid dienone is 5. The van der Waals surface area contributed by atoms with Gasteiger partial charge in [0, 0.05) is 28.8 Å². The van der Waals surface area contributed by atoms with E-state index in [0.717, 1.165) is 21.2 Å². The molecule has 2 unspecified atom stereocenters. The SMILES string of the molecule is COc1ccccc1C1CC(C2=C(c3ccccc3)C3C=C(Br)C=CC3=NC2=O)=NN1C(=O)CCC(=O)O. The number of hydrogen-bond donors (Lipinski definition) is 1. The lowest BCUT2D eigenvalue weighted by atomic mass is 9.79. The highest BCUT2D eigenvalue weighted by molar-refractivity contribution is 9.11. The molecule has 8 nitrogen and oxygen atoms in total. The second-order valence-corrected chi connectivity index (χ2v) is 9.92. The molecular formula is C29H24BrN3O5. The van der Waals surface area contributed by atoms with Crippen LogP contribution in [0, 0.1) is 5.92 Å². The van der Waals surface area contributed by atoms with Crippen molar-refractivity contribution in [3.8, 4) is 5.75 Å². The van der Waals surface area contributed by atoms with E-state index in [4.69, 9.17) is 9.84 Å². The minimum atomic E-state index is -1.07. The third-order valence-corrected chi connectivity index (χ3v) is 7.20. The third-order valence-electron chi connectivity index (χ3n) is 6.67. The molecule has 38 heavy (non-hydrogen) atoms. The number of dihydropyridines is 1. The number of halogens is 1. The van der Waals surface area contributed by atoms with Gasteiger partial charge in [-0.25, -0.2) is 10.0 Å². The van der Waals surface area contributed by atoms with Crippen molar-refractivity contribution in [1.29, 1.82) is 0 Å². The molecule has 2 atom stereocenters. The largest absolute Gasteiger partial charge is 0.496 e. The number of carboxylic acid groups (broad SMARTS) is 1. The Labute approximate surface area is 227 Å². The second-order valence-electron chi connectivity index (χ2n) is 9.00. The molecule has 9 heteroatoms. The van der Waals surface area contributed by atoms with Gasteiger partial charge in [-0.1, -0.05) is 70.5 Å². The van der Waals surface area contributed by atoms with Crippen LogP contribution in [0.4, 0.5) is 0 Å². The van der Waals surface area contributed by atoms with Crippen LogP contribution in [-0.2, 0) is 14.4 Å². The molecule has 3 aliphatic rings. The minimum absolute atomic E-state index is 0.221. The van der Waals surface area contributed by atoms with Gasteiger partial charge < -0.3 is 9.84 Å². The fraction of sp³-hybridized carbons (Fsp3) is 0.207. The predicted octanol–water partition coefficient (Wildman–Crippen LogP) is 5.09. The summed E-state index contributed by atoms with van der Waals surface area (Å²) in [6.45, 7) is 0. The van der Waals surface area contributed by atoms with Gasteiger partial charge in [0.15, 0.2) is 0 Å². The number of aliphatic imine (C=N–C) groups is 1. The average Bonchev–Trinajstić information content (AvgIpc) is 3.36. The van der Waals surface area contributed by atoms with Crippen LogP contribution in [0.2, 0.25) is 0 Å². The van der Waals surface area contributed by atoms with Gasteiger partial charge in [0.2, 0.25) is 5.91 Å². The lowest BCUT2D eigenvalue weighted by molar-refractivity contribution is -0.141. The van der Waals surface area contributed by atoms with E-state index in [1.54, 1.807) is 13.2 Å². The number of ether oxygens (including phenoxy) is 1. The summed E-state index contributed by atoms with van der Waals surface area (Å²) >= 11 is 3.55. The van der Waals surface area contributed by atoms with Crippen molar-refractivity contribution in [3.63, 3.8) is 0 Å². The molecule has 2 aromatic carbocycles. The monoisotopic (exact) mass is 573 g/mol. The molecule has 192 valence electrons. The maximum absolute atomic E-state index is 13.6. The third kappa shape index (κ3) is 4.89. The molecule has 0 spiro atoms. The fourth-order valence-electron chi connectivity index (χ4n) is 4.97. The molecule has 2 aliphatic heterocycles. The number of methoxy groups -OCH3 is 1. The number of para-hydroxylation sites is 1. The molecule has 5 rings (SSSR count). The Morgan fingerprint density at radius 3 is 2.55 bits per heavy atom. The Morgan fingerprint density at radius 1 is 1.08 bits per heavy atom. The number of hydrogen-bond acceptors (Lipinski definition) is 5. The van der Waals surface area contributed by atoms with Crippen molar-refractivity contribution < 1.29 is 24.2 Å². The maximum Gasteiger partial charge on any atom is 0.303 e. The van der Waals surface area contributed by atoms with Gasteiger partial charge in [0.05, 0.1) is 36.6 Å². The van der Waals surface area contributed by atoms with Gasteiger partial charge in [0.25, 0.3) is 5.91 Å². The van der Waals surface area contributed by atoms with Gasteiger partial charge >= 0.3 is 5.97 Å². The van der Waals surface area contributed by atoms with Gasteiger partial charge in [0.1, 0.15) is 5.75 Å². The first-order chi connectivity index (χ1) is 18.4. The number of carbonyl (C=O) groups is 3.